The molecule has 0 fully saturated rings. The number of ketones is 1. The number of para-hydroxylation sites is 1. The normalized spacial score (nSPS) is 10.4. The predicted octanol–water partition coefficient (Wildman–Crippen LogP) is 4.69. The van der Waals surface area contributed by atoms with Gasteiger partial charge < -0.3 is 14.8 Å². The average molecular weight is 348 g/mol. The van der Waals surface area contributed by atoms with Gasteiger partial charge in [-0.25, -0.2) is 4.98 Å². The molecule has 2 heterocycles. The molecular formula is C21H20N2O3. The zero-order valence-electron chi connectivity index (χ0n) is 14.9. The number of benzene rings is 2. The van der Waals surface area contributed by atoms with E-state index in [0.717, 1.165) is 21.9 Å². The van der Waals surface area contributed by atoms with Crippen LogP contribution in [0.1, 0.15) is 29.8 Å². The number of aromatic hydroxyl groups is 1. The number of phenolic OH excluding ortho intramolecular Hbond substituents is 1. The van der Waals surface area contributed by atoms with E-state index in [1.165, 1.54) is 25.4 Å². The second-order valence-corrected chi connectivity index (χ2v) is 5.50. The van der Waals surface area contributed by atoms with Crippen molar-refractivity contribution in [1.82, 2.24) is 9.97 Å². The molecule has 0 unspecified atom stereocenters. The molecule has 2 aromatic carbocycles. The Hall–Kier alpha value is -3.34. The van der Waals surface area contributed by atoms with Crippen LogP contribution in [0.5, 0.6) is 11.5 Å². The van der Waals surface area contributed by atoms with Crippen molar-refractivity contribution in [1.29, 1.82) is 0 Å². The second kappa shape index (κ2) is 7.27. The van der Waals surface area contributed by atoms with Gasteiger partial charge in [0, 0.05) is 28.0 Å². The molecule has 0 atom stereocenters. The van der Waals surface area contributed by atoms with E-state index < -0.39 is 0 Å². The fraction of sp³-hybridized carbons (Fsp3) is 0.143. The SMILES string of the molecule is CC.COc1ccc(O)c(C(=O)c2cnc3[nH]c4ccccc4c3c2)c1. The Balaban J connectivity index is 0.000000948. The van der Waals surface area contributed by atoms with Gasteiger partial charge in [0.2, 0.25) is 0 Å². The molecular weight excluding hydrogens is 328 g/mol. The summed E-state index contributed by atoms with van der Waals surface area (Å²) in [6, 6.07) is 14.2. The first kappa shape index (κ1) is 17.5. The van der Waals surface area contributed by atoms with E-state index >= 15 is 0 Å². The zero-order valence-corrected chi connectivity index (χ0v) is 14.9. The topological polar surface area (TPSA) is 75.2 Å². The monoisotopic (exact) mass is 348 g/mol. The highest BCUT2D eigenvalue weighted by molar-refractivity contribution is 6.14. The van der Waals surface area contributed by atoms with Gasteiger partial charge in [-0.1, -0.05) is 32.0 Å². The molecule has 0 saturated heterocycles. The van der Waals surface area contributed by atoms with Gasteiger partial charge in [0.25, 0.3) is 0 Å². The van der Waals surface area contributed by atoms with Crippen molar-refractivity contribution in [3.05, 3.63) is 65.9 Å². The van der Waals surface area contributed by atoms with Crippen molar-refractivity contribution >= 4 is 27.7 Å². The van der Waals surface area contributed by atoms with Crippen molar-refractivity contribution in [2.75, 3.05) is 7.11 Å². The van der Waals surface area contributed by atoms with Gasteiger partial charge in [-0.05, 0) is 30.3 Å². The highest BCUT2D eigenvalue weighted by Crippen LogP contribution is 2.28. The average Bonchev–Trinajstić information content (AvgIpc) is 3.07. The molecule has 0 aliphatic carbocycles. The van der Waals surface area contributed by atoms with E-state index in [-0.39, 0.29) is 17.1 Å². The largest absolute Gasteiger partial charge is 0.507 e. The maximum absolute atomic E-state index is 12.8. The summed E-state index contributed by atoms with van der Waals surface area (Å²) in [5, 5.41) is 11.9. The minimum Gasteiger partial charge on any atom is -0.507 e. The zero-order chi connectivity index (χ0) is 18.7. The second-order valence-electron chi connectivity index (χ2n) is 5.50. The van der Waals surface area contributed by atoms with Crippen LogP contribution in [-0.2, 0) is 0 Å². The number of H-pyrrole nitrogens is 1. The van der Waals surface area contributed by atoms with Crippen LogP contribution in [0.2, 0.25) is 0 Å². The summed E-state index contributed by atoms with van der Waals surface area (Å²) < 4.78 is 5.13. The third-order valence-electron chi connectivity index (χ3n) is 4.07. The molecule has 4 aromatic rings. The molecule has 0 bridgehead atoms. The van der Waals surface area contributed by atoms with E-state index in [9.17, 15) is 9.90 Å². The Labute approximate surface area is 151 Å². The molecule has 132 valence electrons. The minimum absolute atomic E-state index is 0.0835. The number of aromatic amines is 1. The number of ether oxygens (including phenoxy) is 1. The van der Waals surface area contributed by atoms with Gasteiger partial charge in [-0.2, -0.15) is 0 Å². The fourth-order valence-electron chi connectivity index (χ4n) is 2.83. The minimum atomic E-state index is -0.300. The number of pyridine rings is 1. The maximum Gasteiger partial charge on any atom is 0.198 e. The van der Waals surface area contributed by atoms with Crippen molar-refractivity contribution < 1.29 is 14.6 Å². The van der Waals surface area contributed by atoms with Gasteiger partial charge in [-0.15, -0.1) is 0 Å². The third kappa shape index (κ3) is 2.99. The Bertz CT molecular complexity index is 1080. The molecule has 0 saturated carbocycles. The molecule has 26 heavy (non-hydrogen) atoms. The van der Waals surface area contributed by atoms with Crippen LogP contribution in [0, 0.1) is 0 Å². The first-order chi connectivity index (χ1) is 12.7. The van der Waals surface area contributed by atoms with E-state index in [4.69, 9.17) is 4.74 Å². The Morgan fingerprint density at radius 1 is 1.08 bits per heavy atom. The first-order valence-electron chi connectivity index (χ1n) is 8.45. The number of nitrogens with zero attached hydrogens (tertiary/aromatic N) is 1. The lowest BCUT2D eigenvalue weighted by atomic mass is 10.0. The van der Waals surface area contributed by atoms with Crippen molar-refractivity contribution in [3.8, 4) is 11.5 Å². The van der Waals surface area contributed by atoms with E-state index in [2.05, 4.69) is 9.97 Å². The predicted molar refractivity (Wildman–Crippen MR) is 103 cm³/mol. The summed E-state index contributed by atoms with van der Waals surface area (Å²) in [4.78, 5) is 20.3. The van der Waals surface area contributed by atoms with E-state index in [1.807, 2.05) is 38.1 Å². The molecule has 0 aliphatic rings. The summed E-state index contributed by atoms with van der Waals surface area (Å²) >= 11 is 0. The van der Waals surface area contributed by atoms with Crippen LogP contribution in [-0.4, -0.2) is 28.0 Å². The van der Waals surface area contributed by atoms with Gasteiger partial charge in [-0.3, -0.25) is 4.79 Å². The van der Waals surface area contributed by atoms with E-state index in [0.29, 0.717) is 11.3 Å². The number of hydrogen-bond donors (Lipinski definition) is 2. The molecule has 0 spiro atoms. The Morgan fingerprint density at radius 2 is 1.85 bits per heavy atom. The summed E-state index contributed by atoms with van der Waals surface area (Å²) in [6.45, 7) is 4.00. The number of methoxy groups -OCH3 is 1. The number of carbonyl (C=O) groups excluding carboxylic acids is 1. The Morgan fingerprint density at radius 3 is 2.62 bits per heavy atom. The van der Waals surface area contributed by atoms with Crippen LogP contribution >= 0.6 is 0 Å². The van der Waals surface area contributed by atoms with Crippen molar-refractivity contribution in [3.63, 3.8) is 0 Å². The van der Waals surface area contributed by atoms with Gasteiger partial charge in [0.1, 0.15) is 17.1 Å². The molecule has 5 heteroatoms. The van der Waals surface area contributed by atoms with Crippen LogP contribution in [0.15, 0.2) is 54.7 Å². The number of carbonyl (C=O) groups is 1. The van der Waals surface area contributed by atoms with Gasteiger partial charge in [0.05, 0.1) is 12.7 Å². The summed E-state index contributed by atoms with van der Waals surface area (Å²) in [7, 11) is 1.51. The molecule has 0 aliphatic heterocycles. The molecule has 0 radical (unpaired) electrons. The number of aromatic nitrogens is 2. The van der Waals surface area contributed by atoms with Crippen LogP contribution in [0.4, 0.5) is 0 Å². The Kier molecular flexibility index (Phi) is 4.89. The van der Waals surface area contributed by atoms with Crippen LogP contribution in [0.25, 0.3) is 21.9 Å². The lowest BCUT2D eigenvalue weighted by Gasteiger charge is -2.06. The fourth-order valence-corrected chi connectivity index (χ4v) is 2.83. The lowest BCUT2D eigenvalue weighted by Crippen LogP contribution is -2.03. The number of rotatable bonds is 3. The lowest BCUT2D eigenvalue weighted by molar-refractivity contribution is 0.103. The highest BCUT2D eigenvalue weighted by Gasteiger charge is 2.17. The first-order valence-corrected chi connectivity index (χ1v) is 8.45. The third-order valence-corrected chi connectivity index (χ3v) is 4.07. The van der Waals surface area contributed by atoms with Crippen LogP contribution < -0.4 is 4.74 Å². The summed E-state index contributed by atoms with van der Waals surface area (Å²) in [6.07, 6.45) is 1.51. The summed E-state index contributed by atoms with van der Waals surface area (Å²) in [5.41, 5.74) is 2.29. The van der Waals surface area contributed by atoms with Crippen molar-refractivity contribution in [2.24, 2.45) is 0 Å². The quantitative estimate of drug-likeness (QED) is 0.527. The molecule has 5 nitrogen and oxygen atoms in total. The van der Waals surface area contributed by atoms with Gasteiger partial charge in [0.15, 0.2) is 5.78 Å². The molecule has 4 rings (SSSR count). The molecule has 0 amide bonds. The number of nitrogens with one attached hydrogen (secondary N) is 1. The number of phenols is 1. The maximum atomic E-state index is 12.8. The van der Waals surface area contributed by atoms with Crippen molar-refractivity contribution in [2.45, 2.75) is 13.8 Å². The standard InChI is InChI=1S/C19H14N2O3.C2H6/c1-24-12-6-7-17(22)15(9-12)18(23)11-8-14-13-4-2-3-5-16(13)21-19(14)20-10-11;1-2/h2-10,22H,1H3,(H,20,21);1-2H3. The van der Waals surface area contributed by atoms with Gasteiger partial charge >= 0.3 is 0 Å². The highest BCUT2D eigenvalue weighted by atomic mass is 16.5. The molecule has 2 aromatic heterocycles. The number of hydrogen-bond acceptors (Lipinski definition) is 4. The smallest absolute Gasteiger partial charge is 0.198 e. The summed E-state index contributed by atoms with van der Waals surface area (Å²) in [5.74, 6) is 0.128. The van der Waals surface area contributed by atoms with Crippen LogP contribution in [0.3, 0.4) is 0 Å². The van der Waals surface area contributed by atoms with E-state index in [1.54, 1.807) is 12.1 Å². The molecule has 2 N–H and O–H groups in total. The number of fused-ring (bicyclic) bond motifs is 3.